The highest BCUT2D eigenvalue weighted by atomic mass is 35.5. The van der Waals surface area contributed by atoms with Crippen LogP contribution in [-0.2, 0) is 16.1 Å². The number of fused-ring (bicyclic) bond motifs is 1. The van der Waals surface area contributed by atoms with E-state index in [0.717, 1.165) is 4.31 Å². The number of ether oxygens (including phenoxy) is 1. The fourth-order valence-electron chi connectivity index (χ4n) is 3.53. The number of anilines is 5. The largest absolute Gasteiger partial charge is 0.755 e. The van der Waals surface area contributed by atoms with Gasteiger partial charge in [-0.15, -0.1) is 0 Å². The Kier molecular flexibility index (Phi) is 9.02. The van der Waals surface area contributed by atoms with E-state index in [9.17, 15) is 17.9 Å². The van der Waals surface area contributed by atoms with Gasteiger partial charge in [-0.25, -0.2) is 14.4 Å². The number of hydrogen-bond donors (Lipinski definition) is 3. The minimum absolute atomic E-state index is 0.0241. The summed E-state index contributed by atoms with van der Waals surface area (Å²) in [7, 11) is 1.51. The highest BCUT2D eigenvalue weighted by Crippen LogP contribution is 2.37. The van der Waals surface area contributed by atoms with Crippen LogP contribution in [0.3, 0.4) is 0 Å². The second-order valence-electron chi connectivity index (χ2n) is 7.83. The minimum atomic E-state index is -2.84. The van der Waals surface area contributed by atoms with Crippen molar-refractivity contribution < 1.29 is 22.7 Å². The van der Waals surface area contributed by atoms with E-state index >= 15 is 0 Å². The van der Waals surface area contributed by atoms with Crippen molar-refractivity contribution in [3.05, 3.63) is 71.8 Å². The minimum Gasteiger partial charge on any atom is -0.755 e. The summed E-state index contributed by atoms with van der Waals surface area (Å²) in [6.45, 7) is -0.655. The van der Waals surface area contributed by atoms with Gasteiger partial charge in [-0.05, 0) is 42.5 Å². The van der Waals surface area contributed by atoms with Crippen LogP contribution in [0, 0.1) is 0 Å². The van der Waals surface area contributed by atoms with Crippen molar-refractivity contribution in [1.29, 1.82) is 0 Å². The van der Waals surface area contributed by atoms with Gasteiger partial charge < -0.3 is 25.2 Å². The monoisotopic (exact) mass is 557 g/mol. The van der Waals surface area contributed by atoms with Crippen LogP contribution in [-0.4, -0.2) is 51.5 Å². The van der Waals surface area contributed by atoms with Crippen molar-refractivity contribution in [2.75, 3.05) is 41.8 Å². The lowest BCUT2D eigenvalue weighted by atomic mass is 10.2. The number of para-hydroxylation sites is 2. The lowest BCUT2D eigenvalue weighted by Gasteiger charge is -2.27. The topological polar surface area (TPSA) is 132 Å². The molecule has 4 aromatic rings. The summed E-state index contributed by atoms with van der Waals surface area (Å²) in [4.78, 5) is 21.4. The van der Waals surface area contributed by atoms with E-state index in [4.69, 9.17) is 16.3 Å². The third kappa shape index (κ3) is 6.53. The Hall–Kier alpha value is -3.84. The summed E-state index contributed by atoms with van der Waals surface area (Å²) >= 11 is 3.54. The summed E-state index contributed by atoms with van der Waals surface area (Å²) < 4.78 is 43.7. The fourth-order valence-corrected chi connectivity index (χ4v) is 4.25. The first-order valence-electron chi connectivity index (χ1n) is 11.3. The van der Waals surface area contributed by atoms with E-state index in [-0.39, 0.29) is 30.4 Å². The van der Waals surface area contributed by atoms with Crippen LogP contribution in [0.5, 0.6) is 5.75 Å². The number of hydrogen-bond acceptors (Lipinski definition) is 8. The van der Waals surface area contributed by atoms with Crippen molar-refractivity contribution in [1.82, 2.24) is 15.3 Å². The SMILES string of the molecule is COc1ccc(Cl)c(Nc2nc3ccccc3nc2N(c2cccc(NC(=O)CNCCF)c2)S(=O)[O-])c1. The molecule has 10 nitrogen and oxygen atoms in total. The fraction of sp³-hybridized carbons (Fsp3) is 0.160. The molecule has 13 heteroatoms. The number of aromatic nitrogens is 2. The normalized spacial score (nSPS) is 11.7. The molecule has 198 valence electrons. The highest BCUT2D eigenvalue weighted by Gasteiger charge is 2.21. The van der Waals surface area contributed by atoms with Gasteiger partial charge in [-0.2, -0.15) is 0 Å². The predicted octanol–water partition coefficient (Wildman–Crippen LogP) is 4.47. The van der Waals surface area contributed by atoms with E-state index < -0.39 is 23.8 Å². The molecule has 0 saturated carbocycles. The van der Waals surface area contributed by atoms with Gasteiger partial charge in [0, 0.05) is 18.3 Å². The summed E-state index contributed by atoms with van der Waals surface area (Å²) in [6.07, 6.45) is 0. The Morgan fingerprint density at radius 2 is 1.87 bits per heavy atom. The molecular weight excluding hydrogens is 535 g/mol. The van der Waals surface area contributed by atoms with Gasteiger partial charge >= 0.3 is 0 Å². The number of amides is 1. The summed E-state index contributed by atoms with van der Waals surface area (Å²) in [5.41, 5.74) is 1.94. The van der Waals surface area contributed by atoms with Crippen molar-refractivity contribution in [3.63, 3.8) is 0 Å². The lowest BCUT2D eigenvalue weighted by molar-refractivity contribution is -0.115. The molecule has 0 aliphatic heterocycles. The maximum absolute atomic E-state index is 12.6. The number of carbonyl (C=O) groups excluding carboxylic acids is 1. The van der Waals surface area contributed by atoms with Crippen LogP contribution in [0.2, 0.25) is 5.02 Å². The number of benzene rings is 3. The van der Waals surface area contributed by atoms with Crippen molar-refractivity contribution in [3.8, 4) is 5.75 Å². The summed E-state index contributed by atoms with van der Waals surface area (Å²) in [6, 6.07) is 18.2. The summed E-state index contributed by atoms with van der Waals surface area (Å²) in [5.74, 6) is 0.212. The van der Waals surface area contributed by atoms with Gasteiger partial charge in [0.05, 0.1) is 52.4 Å². The predicted molar refractivity (Wildman–Crippen MR) is 146 cm³/mol. The van der Waals surface area contributed by atoms with Crippen LogP contribution in [0.15, 0.2) is 66.7 Å². The van der Waals surface area contributed by atoms with E-state index in [1.54, 1.807) is 60.7 Å². The van der Waals surface area contributed by atoms with Crippen LogP contribution >= 0.6 is 11.6 Å². The molecular formula is C25H23ClFN6O4S-. The molecule has 3 N–H and O–H groups in total. The Morgan fingerprint density at radius 3 is 2.58 bits per heavy atom. The number of carbonyl (C=O) groups is 1. The number of nitrogens with zero attached hydrogens (tertiary/aromatic N) is 3. The molecule has 1 amide bonds. The van der Waals surface area contributed by atoms with Gasteiger partial charge in [0.1, 0.15) is 12.4 Å². The molecule has 1 heterocycles. The zero-order valence-corrected chi connectivity index (χ0v) is 21.7. The van der Waals surface area contributed by atoms with Crippen LogP contribution in [0.25, 0.3) is 11.0 Å². The molecule has 0 spiro atoms. The van der Waals surface area contributed by atoms with Crippen molar-refractivity contribution in [2.24, 2.45) is 0 Å². The van der Waals surface area contributed by atoms with Gasteiger partial charge in [-0.3, -0.25) is 13.3 Å². The van der Waals surface area contributed by atoms with Crippen LogP contribution in [0.1, 0.15) is 0 Å². The van der Waals surface area contributed by atoms with E-state index in [0.29, 0.717) is 33.2 Å². The average Bonchev–Trinajstić information content (AvgIpc) is 2.90. The number of rotatable bonds is 11. The zero-order chi connectivity index (χ0) is 27.1. The Bertz CT molecular complexity index is 1480. The maximum atomic E-state index is 12.6. The summed E-state index contributed by atoms with van der Waals surface area (Å²) in [5, 5.41) is 8.74. The molecule has 0 aliphatic carbocycles. The van der Waals surface area contributed by atoms with Crippen molar-refractivity contribution >= 4 is 68.5 Å². The molecule has 4 rings (SSSR count). The standard InChI is InChI=1S/C25H24ClFN6O4S/c1-37-18-9-10-19(26)22(14-18)31-24-25(32-21-8-3-2-7-20(21)30-24)33(38(35)36)17-6-4-5-16(13-17)29-23(34)15-28-12-11-27/h2-10,13-14,28H,11-12,15H2,1H3,(H,29,34)(H,30,31)(H,35,36)/p-1. The second-order valence-corrected chi connectivity index (χ2v) is 9.04. The quantitative estimate of drug-likeness (QED) is 0.182. The molecule has 1 aromatic heterocycles. The highest BCUT2D eigenvalue weighted by molar-refractivity contribution is 7.81. The smallest absolute Gasteiger partial charge is 0.238 e. The Morgan fingerprint density at radius 1 is 1.11 bits per heavy atom. The first-order valence-corrected chi connectivity index (χ1v) is 12.7. The van der Waals surface area contributed by atoms with Crippen LogP contribution < -0.4 is 25.0 Å². The number of alkyl halides is 1. The molecule has 38 heavy (non-hydrogen) atoms. The van der Waals surface area contributed by atoms with Gasteiger partial charge in [0.15, 0.2) is 11.6 Å². The third-order valence-electron chi connectivity index (χ3n) is 5.24. The van der Waals surface area contributed by atoms with Gasteiger partial charge in [0.2, 0.25) is 5.91 Å². The first-order chi connectivity index (χ1) is 18.4. The second kappa shape index (κ2) is 12.6. The van der Waals surface area contributed by atoms with Gasteiger partial charge in [-0.1, -0.05) is 29.8 Å². The molecule has 0 bridgehead atoms. The number of methoxy groups -OCH3 is 1. The number of nitrogens with one attached hydrogen (secondary N) is 3. The Labute approximate surface area is 225 Å². The van der Waals surface area contributed by atoms with E-state index in [1.807, 2.05) is 0 Å². The molecule has 1 atom stereocenters. The van der Waals surface area contributed by atoms with Gasteiger partial charge in [0.25, 0.3) is 0 Å². The molecule has 0 aliphatic rings. The lowest BCUT2D eigenvalue weighted by Crippen LogP contribution is -2.29. The average molecular weight is 558 g/mol. The van der Waals surface area contributed by atoms with E-state index in [2.05, 4.69) is 25.9 Å². The van der Waals surface area contributed by atoms with E-state index in [1.165, 1.54) is 13.2 Å². The molecule has 0 radical (unpaired) electrons. The number of halogens is 2. The molecule has 0 fully saturated rings. The Balaban J connectivity index is 1.76. The molecule has 0 saturated heterocycles. The zero-order valence-electron chi connectivity index (χ0n) is 20.1. The first kappa shape index (κ1) is 27.2. The molecule has 3 aromatic carbocycles. The van der Waals surface area contributed by atoms with Crippen molar-refractivity contribution in [2.45, 2.75) is 0 Å². The molecule has 1 unspecified atom stereocenters. The van der Waals surface area contributed by atoms with Crippen LogP contribution in [0.4, 0.5) is 33.1 Å². The maximum Gasteiger partial charge on any atom is 0.238 e. The third-order valence-corrected chi connectivity index (χ3v) is 6.25.